The van der Waals surface area contributed by atoms with E-state index in [-0.39, 0.29) is 6.10 Å². The highest BCUT2D eigenvalue weighted by molar-refractivity contribution is 5.85. The molecule has 0 radical (unpaired) electrons. The molecule has 0 atom stereocenters. The summed E-state index contributed by atoms with van der Waals surface area (Å²) in [7, 11) is 0. The molecular formula is C8H15NO. The Balaban J connectivity index is 2.23. The lowest BCUT2D eigenvalue weighted by molar-refractivity contribution is 0.0851. The molecule has 1 aliphatic carbocycles. The van der Waals surface area contributed by atoms with Crippen molar-refractivity contribution in [3.63, 3.8) is 0 Å². The van der Waals surface area contributed by atoms with E-state index in [1.807, 2.05) is 20.8 Å². The van der Waals surface area contributed by atoms with Crippen LogP contribution in [0.2, 0.25) is 0 Å². The third kappa shape index (κ3) is 2.38. The van der Waals surface area contributed by atoms with Crippen LogP contribution in [0.4, 0.5) is 0 Å². The summed E-state index contributed by atoms with van der Waals surface area (Å²) >= 11 is 0. The molecule has 1 saturated carbocycles. The lowest BCUT2D eigenvalue weighted by Gasteiger charge is -2.02. The third-order valence-corrected chi connectivity index (χ3v) is 1.58. The predicted molar refractivity (Wildman–Crippen MR) is 42.1 cm³/mol. The number of hydrogen-bond donors (Lipinski definition) is 0. The van der Waals surface area contributed by atoms with E-state index in [0.29, 0.717) is 0 Å². The van der Waals surface area contributed by atoms with E-state index in [0.717, 1.165) is 11.6 Å². The van der Waals surface area contributed by atoms with Crippen molar-refractivity contribution in [2.45, 2.75) is 39.7 Å². The molecule has 1 rings (SSSR count). The zero-order valence-electron chi connectivity index (χ0n) is 6.92. The molecule has 1 aliphatic rings. The molecule has 0 bridgehead atoms. The highest BCUT2D eigenvalue weighted by Gasteiger charge is 2.24. The Labute approximate surface area is 62.3 Å². The molecule has 58 valence electrons. The van der Waals surface area contributed by atoms with Crippen LogP contribution in [0.1, 0.15) is 33.6 Å². The van der Waals surface area contributed by atoms with Gasteiger partial charge in [0.1, 0.15) is 6.10 Å². The van der Waals surface area contributed by atoms with Gasteiger partial charge in [-0.05, 0) is 33.6 Å². The van der Waals surface area contributed by atoms with Gasteiger partial charge in [0, 0.05) is 5.92 Å². The second-order valence-electron chi connectivity index (χ2n) is 3.16. The van der Waals surface area contributed by atoms with Gasteiger partial charge in [-0.3, -0.25) is 0 Å². The standard InChI is InChI=1S/C8H15NO/c1-6(2)10-9-7(3)8-4-5-8/h6,8H,4-5H2,1-3H3/b9-7+. The fourth-order valence-corrected chi connectivity index (χ4v) is 0.764. The lowest BCUT2D eigenvalue weighted by atomic mass is 10.3. The van der Waals surface area contributed by atoms with Crippen molar-refractivity contribution in [2.24, 2.45) is 11.1 Å². The van der Waals surface area contributed by atoms with Crippen LogP contribution in [-0.4, -0.2) is 11.8 Å². The van der Waals surface area contributed by atoms with E-state index in [9.17, 15) is 0 Å². The topological polar surface area (TPSA) is 21.6 Å². The second kappa shape index (κ2) is 3.04. The van der Waals surface area contributed by atoms with E-state index in [4.69, 9.17) is 4.84 Å². The van der Waals surface area contributed by atoms with Gasteiger partial charge in [0.15, 0.2) is 0 Å². The molecular weight excluding hydrogens is 126 g/mol. The van der Waals surface area contributed by atoms with Gasteiger partial charge in [-0.2, -0.15) is 0 Å². The van der Waals surface area contributed by atoms with Crippen molar-refractivity contribution < 1.29 is 4.84 Å². The average molecular weight is 141 g/mol. The van der Waals surface area contributed by atoms with Gasteiger partial charge < -0.3 is 4.84 Å². The SMILES string of the molecule is C/C(=N\OC(C)C)C1CC1. The molecule has 0 N–H and O–H groups in total. The first-order chi connectivity index (χ1) is 4.70. The highest BCUT2D eigenvalue weighted by atomic mass is 16.6. The number of hydrogen-bond acceptors (Lipinski definition) is 2. The quantitative estimate of drug-likeness (QED) is 0.436. The zero-order valence-corrected chi connectivity index (χ0v) is 6.92. The minimum absolute atomic E-state index is 0.216. The summed E-state index contributed by atoms with van der Waals surface area (Å²) in [6.45, 7) is 6.02. The molecule has 0 aromatic carbocycles. The molecule has 0 heterocycles. The van der Waals surface area contributed by atoms with Crippen LogP contribution in [0, 0.1) is 5.92 Å². The van der Waals surface area contributed by atoms with Crippen LogP contribution in [0.3, 0.4) is 0 Å². The molecule has 0 aliphatic heterocycles. The molecule has 2 heteroatoms. The molecule has 0 amide bonds. The normalized spacial score (nSPS) is 19.8. The van der Waals surface area contributed by atoms with Gasteiger partial charge in [0.25, 0.3) is 0 Å². The van der Waals surface area contributed by atoms with Gasteiger partial charge in [-0.15, -0.1) is 0 Å². The van der Waals surface area contributed by atoms with Crippen molar-refractivity contribution in [3.05, 3.63) is 0 Å². The van der Waals surface area contributed by atoms with Crippen LogP contribution in [0.15, 0.2) is 5.16 Å². The fraction of sp³-hybridized carbons (Fsp3) is 0.875. The molecule has 0 aromatic rings. The maximum atomic E-state index is 5.09. The monoisotopic (exact) mass is 141 g/mol. The first kappa shape index (κ1) is 7.58. The van der Waals surface area contributed by atoms with Crippen LogP contribution in [0.25, 0.3) is 0 Å². The van der Waals surface area contributed by atoms with Crippen LogP contribution in [-0.2, 0) is 4.84 Å². The largest absolute Gasteiger partial charge is 0.393 e. The molecule has 0 aromatic heterocycles. The van der Waals surface area contributed by atoms with Crippen LogP contribution in [0.5, 0.6) is 0 Å². The summed E-state index contributed by atoms with van der Waals surface area (Å²) in [4.78, 5) is 5.09. The first-order valence-electron chi connectivity index (χ1n) is 3.90. The summed E-state index contributed by atoms with van der Waals surface area (Å²) in [5.41, 5.74) is 1.16. The molecule has 0 saturated heterocycles. The predicted octanol–water partition coefficient (Wildman–Crippen LogP) is 2.20. The van der Waals surface area contributed by atoms with E-state index >= 15 is 0 Å². The van der Waals surface area contributed by atoms with Crippen molar-refractivity contribution >= 4 is 5.71 Å². The van der Waals surface area contributed by atoms with E-state index in [1.54, 1.807) is 0 Å². The Morgan fingerprint density at radius 3 is 2.50 bits per heavy atom. The lowest BCUT2D eigenvalue weighted by Crippen LogP contribution is -2.01. The Hall–Kier alpha value is -0.530. The smallest absolute Gasteiger partial charge is 0.122 e. The van der Waals surface area contributed by atoms with Gasteiger partial charge in [0.2, 0.25) is 0 Å². The number of rotatable bonds is 3. The molecule has 0 unspecified atom stereocenters. The number of oxime groups is 1. The maximum Gasteiger partial charge on any atom is 0.122 e. The summed E-state index contributed by atoms with van der Waals surface area (Å²) in [6, 6.07) is 0. The Kier molecular flexibility index (Phi) is 2.30. The molecule has 2 nitrogen and oxygen atoms in total. The van der Waals surface area contributed by atoms with Gasteiger partial charge in [-0.1, -0.05) is 5.16 Å². The number of nitrogens with zero attached hydrogens (tertiary/aromatic N) is 1. The minimum Gasteiger partial charge on any atom is -0.393 e. The highest BCUT2D eigenvalue weighted by Crippen LogP contribution is 2.30. The summed E-state index contributed by atoms with van der Waals surface area (Å²) in [5, 5.41) is 4.00. The van der Waals surface area contributed by atoms with E-state index < -0.39 is 0 Å². The van der Waals surface area contributed by atoms with Crippen molar-refractivity contribution in [1.29, 1.82) is 0 Å². The van der Waals surface area contributed by atoms with Crippen molar-refractivity contribution in [2.75, 3.05) is 0 Å². The Morgan fingerprint density at radius 1 is 1.50 bits per heavy atom. The van der Waals surface area contributed by atoms with Crippen LogP contribution < -0.4 is 0 Å². The summed E-state index contributed by atoms with van der Waals surface area (Å²) in [6.07, 6.45) is 2.82. The van der Waals surface area contributed by atoms with E-state index in [2.05, 4.69) is 5.16 Å². The summed E-state index contributed by atoms with van der Waals surface area (Å²) < 4.78 is 0. The zero-order chi connectivity index (χ0) is 7.56. The van der Waals surface area contributed by atoms with Gasteiger partial charge in [0.05, 0.1) is 5.71 Å². The Bertz CT molecular complexity index is 136. The third-order valence-electron chi connectivity index (χ3n) is 1.58. The van der Waals surface area contributed by atoms with Gasteiger partial charge >= 0.3 is 0 Å². The van der Waals surface area contributed by atoms with E-state index in [1.165, 1.54) is 12.8 Å². The summed E-state index contributed by atoms with van der Waals surface area (Å²) in [5.74, 6) is 0.735. The molecule has 10 heavy (non-hydrogen) atoms. The second-order valence-corrected chi connectivity index (χ2v) is 3.16. The van der Waals surface area contributed by atoms with Crippen LogP contribution >= 0.6 is 0 Å². The maximum absolute atomic E-state index is 5.09. The molecule has 1 fully saturated rings. The first-order valence-corrected chi connectivity index (χ1v) is 3.90. The van der Waals surface area contributed by atoms with Gasteiger partial charge in [-0.25, -0.2) is 0 Å². The average Bonchev–Trinajstić information content (AvgIpc) is 2.63. The Morgan fingerprint density at radius 2 is 2.10 bits per heavy atom. The fourth-order valence-electron chi connectivity index (χ4n) is 0.764. The van der Waals surface area contributed by atoms with Crippen molar-refractivity contribution in [1.82, 2.24) is 0 Å². The minimum atomic E-state index is 0.216. The van der Waals surface area contributed by atoms with Crippen molar-refractivity contribution in [3.8, 4) is 0 Å². The molecule has 0 spiro atoms.